The highest BCUT2D eigenvalue weighted by Gasteiger charge is 2.30. The first kappa shape index (κ1) is 14.6. The lowest BCUT2D eigenvalue weighted by molar-refractivity contribution is -0.112. The first-order valence-corrected chi connectivity index (χ1v) is 8.37. The summed E-state index contributed by atoms with van der Waals surface area (Å²) in [6, 6.07) is 4.25. The van der Waals surface area contributed by atoms with E-state index in [4.69, 9.17) is 0 Å². The van der Waals surface area contributed by atoms with E-state index in [1.165, 1.54) is 32.1 Å². The molecule has 0 atom stereocenters. The molecule has 0 saturated heterocycles. The van der Waals surface area contributed by atoms with E-state index < -0.39 is 11.7 Å². The van der Waals surface area contributed by atoms with Gasteiger partial charge in [-0.25, -0.2) is 0 Å². The minimum Gasteiger partial charge on any atom is -0.368 e. The average Bonchev–Trinajstić information content (AvgIpc) is 2.76. The molecule has 0 bridgehead atoms. The molecule has 3 rings (SSSR count). The standard InChI is InChI=1S/C16H19BrN2O2/c1-2-19(10-6-4-3-5-7-10)14-9-13-11(8-12(14)17)15(20)16(21)18-13/h8-10H,2-7H2,1H3,(H,18,20,21). The molecule has 0 aromatic heterocycles. The fourth-order valence-corrected chi connectivity index (χ4v) is 3.96. The zero-order valence-electron chi connectivity index (χ0n) is 12.1. The summed E-state index contributed by atoms with van der Waals surface area (Å²) in [6.45, 7) is 3.07. The van der Waals surface area contributed by atoms with Crippen LogP contribution in [-0.4, -0.2) is 24.3 Å². The summed E-state index contributed by atoms with van der Waals surface area (Å²) >= 11 is 3.57. The van der Waals surface area contributed by atoms with E-state index in [9.17, 15) is 9.59 Å². The van der Waals surface area contributed by atoms with Gasteiger partial charge in [0.25, 0.3) is 11.7 Å². The Hall–Kier alpha value is -1.36. The number of amides is 1. The first-order valence-electron chi connectivity index (χ1n) is 7.57. The summed E-state index contributed by atoms with van der Waals surface area (Å²) < 4.78 is 0.888. The molecular weight excluding hydrogens is 332 g/mol. The number of hydrogen-bond donors (Lipinski definition) is 1. The van der Waals surface area contributed by atoms with Gasteiger partial charge in [0.05, 0.1) is 16.9 Å². The van der Waals surface area contributed by atoms with E-state index >= 15 is 0 Å². The second kappa shape index (κ2) is 5.79. The minimum absolute atomic E-state index is 0.446. The molecule has 1 aromatic rings. The normalized spacial score (nSPS) is 18.6. The van der Waals surface area contributed by atoms with Crippen molar-refractivity contribution in [1.29, 1.82) is 0 Å². The number of halogens is 1. The van der Waals surface area contributed by atoms with Gasteiger partial charge in [0, 0.05) is 17.1 Å². The molecule has 1 aliphatic carbocycles. The maximum Gasteiger partial charge on any atom is 0.296 e. The Kier molecular flexibility index (Phi) is 4.02. The second-order valence-electron chi connectivity index (χ2n) is 5.71. The average molecular weight is 351 g/mol. The molecule has 4 nitrogen and oxygen atoms in total. The van der Waals surface area contributed by atoms with Crippen molar-refractivity contribution >= 4 is 39.0 Å². The van der Waals surface area contributed by atoms with E-state index in [2.05, 4.69) is 33.1 Å². The second-order valence-corrected chi connectivity index (χ2v) is 6.56. The van der Waals surface area contributed by atoms with Gasteiger partial charge in [-0.2, -0.15) is 0 Å². The van der Waals surface area contributed by atoms with Crippen molar-refractivity contribution in [3.8, 4) is 0 Å². The molecule has 5 heteroatoms. The van der Waals surface area contributed by atoms with Crippen LogP contribution >= 0.6 is 15.9 Å². The van der Waals surface area contributed by atoms with Crippen LogP contribution in [0.4, 0.5) is 11.4 Å². The van der Waals surface area contributed by atoms with Crippen LogP contribution in [-0.2, 0) is 4.79 Å². The van der Waals surface area contributed by atoms with Crippen molar-refractivity contribution in [1.82, 2.24) is 0 Å². The predicted octanol–water partition coefficient (Wildman–Crippen LogP) is 3.74. The third kappa shape index (κ3) is 2.59. The van der Waals surface area contributed by atoms with Crippen molar-refractivity contribution in [2.24, 2.45) is 0 Å². The minimum atomic E-state index is -0.533. The summed E-state index contributed by atoms with van der Waals surface area (Å²) in [5.74, 6) is -0.979. The fourth-order valence-electron chi connectivity index (χ4n) is 3.39. The van der Waals surface area contributed by atoms with Crippen LogP contribution in [0.25, 0.3) is 0 Å². The van der Waals surface area contributed by atoms with Gasteiger partial charge in [-0.3, -0.25) is 9.59 Å². The van der Waals surface area contributed by atoms with Crippen LogP contribution in [0.5, 0.6) is 0 Å². The SMILES string of the molecule is CCN(c1cc2c(cc1Br)C(=O)C(=O)N2)C1CCCCC1. The summed E-state index contributed by atoms with van der Waals surface area (Å²) in [4.78, 5) is 25.6. The maximum atomic E-state index is 11.8. The molecule has 1 aromatic carbocycles. The number of nitrogens with one attached hydrogen (secondary N) is 1. The Morgan fingerprint density at radius 2 is 1.95 bits per heavy atom. The Balaban J connectivity index is 1.96. The quantitative estimate of drug-likeness (QED) is 0.844. The first-order chi connectivity index (χ1) is 10.1. The molecule has 1 fully saturated rings. The number of hydrogen-bond acceptors (Lipinski definition) is 3. The van der Waals surface area contributed by atoms with Crippen molar-refractivity contribution in [3.63, 3.8) is 0 Å². The number of anilines is 2. The van der Waals surface area contributed by atoms with Crippen LogP contribution in [0.2, 0.25) is 0 Å². The number of carbonyl (C=O) groups is 2. The number of rotatable bonds is 3. The molecular formula is C16H19BrN2O2. The number of carbonyl (C=O) groups excluding carboxylic acids is 2. The molecule has 1 N–H and O–H groups in total. The Labute approximate surface area is 133 Å². The van der Waals surface area contributed by atoms with Crippen LogP contribution in [0.3, 0.4) is 0 Å². The monoisotopic (exact) mass is 350 g/mol. The molecule has 2 aliphatic rings. The summed E-state index contributed by atoms with van der Waals surface area (Å²) in [7, 11) is 0. The topological polar surface area (TPSA) is 49.4 Å². The lowest BCUT2D eigenvalue weighted by atomic mass is 9.93. The van der Waals surface area contributed by atoms with E-state index in [0.29, 0.717) is 17.3 Å². The van der Waals surface area contributed by atoms with Crippen LogP contribution in [0.15, 0.2) is 16.6 Å². The zero-order valence-corrected chi connectivity index (χ0v) is 13.7. The molecule has 1 heterocycles. The smallest absolute Gasteiger partial charge is 0.296 e. The third-order valence-electron chi connectivity index (χ3n) is 4.45. The number of ketones is 1. The molecule has 1 saturated carbocycles. The highest BCUT2D eigenvalue weighted by Crippen LogP contribution is 2.38. The van der Waals surface area contributed by atoms with Gasteiger partial charge in [-0.15, -0.1) is 0 Å². The highest BCUT2D eigenvalue weighted by atomic mass is 79.9. The number of Topliss-reactive ketones (excluding diaryl/α,β-unsaturated/α-hetero) is 1. The Morgan fingerprint density at radius 3 is 2.62 bits per heavy atom. The van der Waals surface area contributed by atoms with Crippen molar-refractivity contribution in [2.45, 2.75) is 45.1 Å². The number of benzene rings is 1. The molecule has 0 radical (unpaired) electrons. The molecule has 21 heavy (non-hydrogen) atoms. The molecule has 1 amide bonds. The van der Waals surface area contributed by atoms with E-state index in [1.54, 1.807) is 6.07 Å². The van der Waals surface area contributed by atoms with Crippen molar-refractivity contribution in [3.05, 3.63) is 22.2 Å². The summed E-state index contributed by atoms with van der Waals surface area (Å²) in [5.41, 5.74) is 2.17. The van der Waals surface area contributed by atoms with E-state index in [1.807, 2.05) is 6.07 Å². The van der Waals surface area contributed by atoms with Gasteiger partial charge in [0.2, 0.25) is 0 Å². The van der Waals surface area contributed by atoms with E-state index in [-0.39, 0.29) is 0 Å². The van der Waals surface area contributed by atoms with E-state index in [0.717, 1.165) is 16.7 Å². The van der Waals surface area contributed by atoms with Gasteiger partial charge in [-0.05, 0) is 47.8 Å². The highest BCUT2D eigenvalue weighted by molar-refractivity contribution is 9.10. The van der Waals surface area contributed by atoms with Crippen molar-refractivity contribution < 1.29 is 9.59 Å². The Bertz CT molecular complexity index is 594. The third-order valence-corrected chi connectivity index (χ3v) is 5.09. The molecule has 0 unspecified atom stereocenters. The molecule has 1 aliphatic heterocycles. The van der Waals surface area contributed by atoms with Gasteiger partial charge < -0.3 is 10.2 Å². The van der Waals surface area contributed by atoms with Crippen LogP contribution in [0.1, 0.15) is 49.4 Å². The van der Waals surface area contributed by atoms with Gasteiger partial charge in [-0.1, -0.05) is 19.3 Å². The lowest BCUT2D eigenvalue weighted by Gasteiger charge is -2.36. The largest absolute Gasteiger partial charge is 0.368 e. The summed E-state index contributed by atoms with van der Waals surface area (Å²) in [5, 5.41) is 2.66. The van der Waals surface area contributed by atoms with Crippen LogP contribution in [0, 0.1) is 0 Å². The van der Waals surface area contributed by atoms with Gasteiger partial charge >= 0.3 is 0 Å². The zero-order chi connectivity index (χ0) is 15.0. The lowest BCUT2D eigenvalue weighted by Crippen LogP contribution is -2.36. The molecule has 0 spiro atoms. The fraction of sp³-hybridized carbons (Fsp3) is 0.500. The summed E-state index contributed by atoms with van der Waals surface area (Å²) in [6.07, 6.45) is 6.30. The van der Waals surface area contributed by atoms with Gasteiger partial charge in [0.15, 0.2) is 0 Å². The predicted molar refractivity (Wildman–Crippen MR) is 87.0 cm³/mol. The molecule has 112 valence electrons. The van der Waals surface area contributed by atoms with Crippen molar-refractivity contribution in [2.75, 3.05) is 16.8 Å². The van der Waals surface area contributed by atoms with Crippen LogP contribution < -0.4 is 10.2 Å². The number of fused-ring (bicyclic) bond motifs is 1. The number of nitrogens with zero attached hydrogens (tertiary/aromatic N) is 1. The van der Waals surface area contributed by atoms with Gasteiger partial charge in [0.1, 0.15) is 0 Å². The maximum absolute atomic E-state index is 11.8. The Morgan fingerprint density at radius 1 is 1.24 bits per heavy atom.